The van der Waals surface area contributed by atoms with Gasteiger partial charge in [-0.25, -0.2) is 22.2 Å². The van der Waals surface area contributed by atoms with Crippen LogP contribution in [-0.4, -0.2) is 55.6 Å². The lowest BCUT2D eigenvalue weighted by Gasteiger charge is -2.26. The number of nitrogens with zero attached hydrogens (tertiary/aromatic N) is 3. The maximum Gasteiger partial charge on any atom is 0.266 e. The van der Waals surface area contributed by atoms with Crippen LogP contribution in [0.1, 0.15) is 17.4 Å². The van der Waals surface area contributed by atoms with Gasteiger partial charge in [0.05, 0.1) is 40.7 Å². The van der Waals surface area contributed by atoms with E-state index >= 15 is 0 Å². The van der Waals surface area contributed by atoms with Crippen molar-refractivity contribution in [1.29, 1.82) is 0 Å². The Kier molecular flexibility index (Phi) is 7.92. The molecule has 204 valence electrons. The van der Waals surface area contributed by atoms with Crippen molar-refractivity contribution in [3.8, 4) is 5.69 Å². The molecule has 0 amide bonds. The summed E-state index contributed by atoms with van der Waals surface area (Å²) in [6.07, 6.45) is 0.140. The molecule has 1 aliphatic heterocycles. The number of morpholine rings is 1. The van der Waals surface area contributed by atoms with Crippen molar-refractivity contribution >= 4 is 36.9 Å². The molecular formula is C27H25BrF2N4O4S. The van der Waals surface area contributed by atoms with E-state index in [-0.39, 0.29) is 30.0 Å². The van der Waals surface area contributed by atoms with Crippen LogP contribution < -0.4 is 10.9 Å². The fourth-order valence-corrected chi connectivity index (χ4v) is 6.41. The van der Waals surface area contributed by atoms with Gasteiger partial charge in [-0.2, -0.15) is 4.31 Å². The number of ether oxygens (including phenoxy) is 1. The molecule has 5 rings (SSSR count). The fraction of sp³-hybridized carbons (Fsp3) is 0.259. The second-order valence-corrected chi connectivity index (χ2v) is 12.0. The topological polar surface area (TPSA) is 93.5 Å². The Balaban J connectivity index is 1.62. The summed E-state index contributed by atoms with van der Waals surface area (Å²) in [6.45, 7) is 1.19. The van der Waals surface area contributed by atoms with Crippen molar-refractivity contribution in [2.45, 2.75) is 17.4 Å². The van der Waals surface area contributed by atoms with E-state index in [1.807, 2.05) is 0 Å². The van der Waals surface area contributed by atoms with Crippen molar-refractivity contribution < 1.29 is 21.9 Å². The van der Waals surface area contributed by atoms with E-state index in [4.69, 9.17) is 9.72 Å². The van der Waals surface area contributed by atoms with E-state index in [0.717, 1.165) is 10.5 Å². The van der Waals surface area contributed by atoms with Gasteiger partial charge in [0.1, 0.15) is 17.5 Å². The highest BCUT2D eigenvalue weighted by molar-refractivity contribution is 9.10. The van der Waals surface area contributed by atoms with Gasteiger partial charge >= 0.3 is 0 Å². The standard InChI is InChI=1S/C27H25BrF2N4O4S/c1-31-25(14-17-12-19(29)16-20(30)13-17)26-32-24-15-18(28)2-7-23(24)27(35)34(26)21-3-5-22(6-4-21)39(36,37)33-8-10-38-11-9-33/h2-7,12-13,15-16,25,31H,8-11,14H2,1H3/t25-/m1/s1. The zero-order valence-electron chi connectivity index (χ0n) is 20.9. The molecule has 0 spiro atoms. The third-order valence-corrected chi connectivity index (χ3v) is 8.99. The summed E-state index contributed by atoms with van der Waals surface area (Å²) in [5.41, 5.74) is 0.864. The lowest BCUT2D eigenvalue weighted by molar-refractivity contribution is 0.0730. The number of hydrogen-bond acceptors (Lipinski definition) is 6. The van der Waals surface area contributed by atoms with E-state index in [9.17, 15) is 22.0 Å². The molecule has 1 aromatic heterocycles. The molecule has 1 saturated heterocycles. The lowest BCUT2D eigenvalue weighted by atomic mass is 10.0. The second kappa shape index (κ2) is 11.2. The second-order valence-electron chi connectivity index (χ2n) is 9.11. The van der Waals surface area contributed by atoms with Gasteiger partial charge in [-0.3, -0.25) is 9.36 Å². The average molecular weight is 619 g/mol. The molecule has 0 bridgehead atoms. The van der Waals surface area contributed by atoms with E-state index < -0.39 is 27.7 Å². The van der Waals surface area contributed by atoms with E-state index in [2.05, 4.69) is 21.2 Å². The maximum atomic E-state index is 13.9. The Bertz CT molecular complexity index is 1670. The third kappa shape index (κ3) is 5.66. The molecule has 3 aromatic carbocycles. The van der Waals surface area contributed by atoms with E-state index in [0.29, 0.717) is 41.2 Å². The minimum atomic E-state index is -3.73. The number of rotatable bonds is 7. The number of aromatic nitrogens is 2. The normalized spacial score (nSPS) is 15.5. The predicted molar refractivity (Wildman–Crippen MR) is 146 cm³/mol. The summed E-state index contributed by atoms with van der Waals surface area (Å²) >= 11 is 3.41. The largest absolute Gasteiger partial charge is 0.379 e. The van der Waals surface area contributed by atoms with Gasteiger partial charge < -0.3 is 10.1 Å². The maximum absolute atomic E-state index is 13.9. The molecule has 12 heteroatoms. The molecule has 2 heterocycles. The molecule has 1 aliphatic rings. The number of benzene rings is 3. The van der Waals surface area contributed by atoms with Crippen molar-refractivity contribution in [2.75, 3.05) is 33.4 Å². The molecule has 1 N–H and O–H groups in total. The summed E-state index contributed by atoms with van der Waals surface area (Å²) in [4.78, 5) is 18.7. The lowest BCUT2D eigenvalue weighted by Crippen LogP contribution is -2.40. The van der Waals surface area contributed by atoms with E-state index in [1.165, 1.54) is 33.1 Å². The predicted octanol–water partition coefficient (Wildman–Crippen LogP) is 3.95. The number of fused-ring (bicyclic) bond motifs is 1. The number of sulfonamides is 1. The minimum Gasteiger partial charge on any atom is -0.379 e. The van der Waals surface area contributed by atoms with Crippen LogP contribution in [-0.2, 0) is 21.2 Å². The Labute approximate surface area is 232 Å². The Morgan fingerprint density at radius 2 is 1.69 bits per heavy atom. The summed E-state index contributed by atoms with van der Waals surface area (Å²) in [7, 11) is -2.06. The van der Waals surface area contributed by atoms with Crippen LogP contribution in [0.5, 0.6) is 0 Å². The summed E-state index contributed by atoms with van der Waals surface area (Å²) in [5.74, 6) is -1.10. The molecule has 8 nitrogen and oxygen atoms in total. The summed E-state index contributed by atoms with van der Waals surface area (Å²) < 4.78 is 62.8. The first-order valence-corrected chi connectivity index (χ1v) is 14.4. The van der Waals surface area contributed by atoms with Gasteiger partial charge in [0.15, 0.2) is 0 Å². The SMILES string of the molecule is CN[C@H](Cc1cc(F)cc(F)c1)c1nc2cc(Br)ccc2c(=O)n1-c1ccc(S(=O)(=O)N2CCOCC2)cc1. The van der Waals surface area contributed by atoms with Gasteiger partial charge in [0.25, 0.3) is 5.56 Å². The molecule has 0 aliphatic carbocycles. The zero-order valence-corrected chi connectivity index (χ0v) is 23.3. The monoisotopic (exact) mass is 618 g/mol. The van der Waals surface area contributed by atoms with Crippen molar-refractivity contribution in [3.05, 3.63) is 98.5 Å². The van der Waals surface area contributed by atoms with Crippen LogP contribution >= 0.6 is 15.9 Å². The van der Waals surface area contributed by atoms with Crippen LogP contribution in [0.15, 0.2) is 74.8 Å². The van der Waals surface area contributed by atoms with Gasteiger partial charge in [0.2, 0.25) is 10.0 Å². The third-order valence-electron chi connectivity index (χ3n) is 6.58. The van der Waals surface area contributed by atoms with Crippen LogP contribution in [0, 0.1) is 11.6 Å². The quantitative estimate of drug-likeness (QED) is 0.337. The highest BCUT2D eigenvalue weighted by atomic mass is 79.9. The molecule has 0 radical (unpaired) electrons. The molecule has 39 heavy (non-hydrogen) atoms. The van der Waals surface area contributed by atoms with Gasteiger partial charge in [-0.1, -0.05) is 15.9 Å². The highest BCUT2D eigenvalue weighted by Crippen LogP contribution is 2.25. The smallest absolute Gasteiger partial charge is 0.266 e. The zero-order chi connectivity index (χ0) is 27.7. The first-order valence-electron chi connectivity index (χ1n) is 12.2. The minimum absolute atomic E-state index is 0.0980. The number of hydrogen-bond donors (Lipinski definition) is 1. The van der Waals surface area contributed by atoms with Gasteiger partial charge in [-0.15, -0.1) is 0 Å². The number of nitrogens with one attached hydrogen (secondary N) is 1. The molecule has 1 atom stereocenters. The highest BCUT2D eigenvalue weighted by Gasteiger charge is 2.27. The van der Waals surface area contributed by atoms with Gasteiger partial charge in [-0.05, 0) is 73.6 Å². The first-order chi connectivity index (χ1) is 18.7. The molecule has 0 unspecified atom stereocenters. The Morgan fingerprint density at radius 1 is 1.03 bits per heavy atom. The first kappa shape index (κ1) is 27.5. The van der Waals surface area contributed by atoms with Crippen molar-refractivity contribution in [2.24, 2.45) is 0 Å². The van der Waals surface area contributed by atoms with Crippen LogP contribution in [0.4, 0.5) is 8.78 Å². The molecular weight excluding hydrogens is 594 g/mol. The van der Waals surface area contributed by atoms with Crippen LogP contribution in [0.2, 0.25) is 0 Å². The summed E-state index contributed by atoms with van der Waals surface area (Å²) in [6, 6.07) is 13.8. The van der Waals surface area contributed by atoms with Crippen molar-refractivity contribution in [1.82, 2.24) is 19.2 Å². The van der Waals surface area contributed by atoms with Crippen LogP contribution in [0.3, 0.4) is 0 Å². The fourth-order valence-electron chi connectivity index (χ4n) is 4.65. The van der Waals surface area contributed by atoms with Crippen LogP contribution in [0.25, 0.3) is 16.6 Å². The molecule has 0 saturated carbocycles. The van der Waals surface area contributed by atoms with Crippen molar-refractivity contribution in [3.63, 3.8) is 0 Å². The van der Waals surface area contributed by atoms with E-state index in [1.54, 1.807) is 37.4 Å². The number of likely N-dealkylation sites (N-methyl/N-ethyl adjacent to an activating group) is 1. The Hall–Kier alpha value is -3.03. The molecule has 4 aromatic rings. The summed E-state index contributed by atoms with van der Waals surface area (Å²) in [5, 5.41) is 3.47. The van der Waals surface area contributed by atoms with Gasteiger partial charge in [0, 0.05) is 23.6 Å². The molecule has 1 fully saturated rings. The number of halogens is 3. The Morgan fingerprint density at radius 3 is 2.33 bits per heavy atom. The average Bonchev–Trinajstić information content (AvgIpc) is 2.91.